The first-order chi connectivity index (χ1) is 12.9. The van der Waals surface area contributed by atoms with Crippen LogP contribution in [0.1, 0.15) is 36.4 Å². The van der Waals surface area contributed by atoms with Crippen LogP contribution in [-0.4, -0.2) is 37.9 Å². The Hall–Kier alpha value is -2.70. The third kappa shape index (κ3) is 4.35. The quantitative estimate of drug-likeness (QED) is 0.620. The van der Waals surface area contributed by atoms with Crippen LogP contribution in [0, 0.1) is 13.8 Å². The van der Waals surface area contributed by atoms with E-state index < -0.39 is 0 Å². The van der Waals surface area contributed by atoms with Gasteiger partial charge in [-0.2, -0.15) is 0 Å². The third-order valence-corrected chi connectivity index (χ3v) is 4.86. The van der Waals surface area contributed by atoms with Gasteiger partial charge in [-0.25, -0.2) is 0 Å². The van der Waals surface area contributed by atoms with E-state index in [2.05, 4.69) is 46.8 Å². The number of ether oxygens (including phenoxy) is 2. The molecule has 3 rings (SSSR count). The Kier molecular flexibility index (Phi) is 5.58. The molecule has 0 bridgehead atoms. The second-order valence-corrected chi connectivity index (χ2v) is 7.32. The summed E-state index contributed by atoms with van der Waals surface area (Å²) in [5.41, 5.74) is 3.02. The minimum absolute atomic E-state index is 0.115. The minimum Gasteiger partial charge on any atom is -0.486 e. The van der Waals surface area contributed by atoms with Crippen molar-refractivity contribution in [1.82, 2.24) is 15.8 Å². The smallest absolute Gasteiger partial charge is 0.191 e. The fourth-order valence-corrected chi connectivity index (χ4v) is 3.02. The van der Waals surface area contributed by atoms with Crippen LogP contribution in [0.4, 0.5) is 0 Å². The highest BCUT2D eigenvalue weighted by molar-refractivity contribution is 5.79. The van der Waals surface area contributed by atoms with Crippen LogP contribution in [0.25, 0.3) is 0 Å². The Labute approximate surface area is 160 Å². The van der Waals surface area contributed by atoms with Gasteiger partial charge in [0.25, 0.3) is 0 Å². The first-order valence-electron chi connectivity index (χ1n) is 9.17. The highest BCUT2D eigenvalue weighted by Crippen LogP contribution is 2.34. The van der Waals surface area contributed by atoms with Crippen molar-refractivity contribution in [3.8, 4) is 11.5 Å². The molecule has 2 N–H and O–H groups in total. The lowest BCUT2D eigenvalue weighted by molar-refractivity contribution is 0.171. The monoisotopic (exact) mass is 372 g/mol. The molecule has 0 saturated heterocycles. The number of benzene rings is 1. The molecule has 0 unspecified atom stereocenters. The molecule has 1 aliphatic heterocycles. The van der Waals surface area contributed by atoms with Crippen molar-refractivity contribution >= 4 is 5.96 Å². The number of hydrogen-bond acceptors (Lipinski definition) is 5. The van der Waals surface area contributed by atoms with Crippen LogP contribution in [-0.2, 0) is 12.0 Å². The summed E-state index contributed by atoms with van der Waals surface area (Å²) < 4.78 is 16.5. The molecular formula is C20H28N4O3. The number of rotatable bonds is 5. The number of aromatic nitrogens is 1. The van der Waals surface area contributed by atoms with E-state index in [0.717, 1.165) is 34.5 Å². The van der Waals surface area contributed by atoms with E-state index in [-0.39, 0.29) is 5.41 Å². The number of nitrogens with one attached hydrogen (secondary N) is 2. The molecule has 27 heavy (non-hydrogen) atoms. The Balaban J connectivity index is 1.61. The van der Waals surface area contributed by atoms with E-state index in [0.29, 0.717) is 26.3 Å². The average Bonchev–Trinajstić information content (AvgIpc) is 2.99. The van der Waals surface area contributed by atoms with Gasteiger partial charge >= 0.3 is 0 Å². The number of nitrogens with zero attached hydrogens (tertiary/aromatic N) is 2. The van der Waals surface area contributed by atoms with E-state index in [1.165, 1.54) is 5.56 Å². The maximum atomic E-state index is 5.71. The number of fused-ring (bicyclic) bond motifs is 1. The molecule has 2 heterocycles. The highest BCUT2D eigenvalue weighted by Gasteiger charge is 2.24. The molecule has 0 atom stereocenters. The predicted molar refractivity (Wildman–Crippen MR) is 105 cm³/mol. The summed E-state index contributed by atoms with van der Waals surface area (Å²) in [5.74, 6) is 3.19. The van der Waals surface area contributed by atoms with Crippen LogP contribution >= 0.6 is 0 Å². The number of aryl methyl sites for hydroxylation is 2. The molecule has 0 saturated carbocycles. The molecule has 1 aromatic heterocycles. The van der Waals surface area contributed by atoms with Crippen molar-refractivity contribution in [3.63, 3.8) is 0 Å². The zero-order valence-electron chi connectivity index (χ0n) is 16.7. The third-order valence-electron chi connectivity index (χ3n) is 4.86. The van der Waals surface area contributed by atoms with Crippen LogP contribution in [0.15, 0.2) is 27.7 Å². The summed E-state index contributed by atoms with van der Waals surface area (Å²) in [6, 6.07) is 6.14. The SMILES string of the molecule is CN=C(NCc1c(C)noc1C)NCC(C)(C)c1ccc2c(c1)OCCO2. The largest absolute Gasteiger partial charge is 0.486 e. The van der Waals surface area contributed by atoms with Crippen molar-refractivity contribution in [2.45, 2.75) is 39.7 Å². The zero-order valence-corrected chi connectivity index (χ0v) is 16.7. The van der Waals surface area contributed by atoms with Gasteiger partial charge in [-0.05, 0) is 31.5 Å². The summed E-state index contributed by atoms with van der Waals surface area (Å²) in [7, 11) is 1.76. The van der Waals surface area contributed by atoms with E-state index in [4.69, 9.17) is 14.0 Å². The van der Waals surface area contributed by atoms with Crippen molar-refractivity contribution in [2.24, 2.45) is 4.99 Å². The summed E-state index contributed by atoms with van der Waals surface area (Å²) in [4.78, 5) is 4.31. The Bertz CT molecular complexity index is 807. The molecular weight excluding hydrogens is 344 g/mol. The first kappa shape index (κ1) is 19.1. The lowest BCUT2D eigenvalue weighted by Crippen LogP contribution is -2.43. The summed E-state index contributed by atoms with van der Waals surface area (Å²) in [6.45, 7) is 10.8. The molecule has 7 heteroatoms. The molecule has 0 radical (unpaired) electrons. The highest BCUT2D eigenvalue weighted by atomic mass is 16.6. The fourth-order valence-electron chi connectivity index (χ4n) is 3.02. The van der Waals surface area contributed by atoms with Gasteiger partial charge in [0.15, 0.2) is 17.5 Å². The Morgan fingerprint density at radius 2 is 1.89 bits per heavy atom. The van der Waals surface area contributed by atoms with Gasteiger partial charge in [-0.15, -0.1) is 0 Å². The van der Waals surface area contributed by atoms with Crippen LogP contribution in [0.2, 0.25) is 0 Å². The van der Waals surface area contributed by atoms with E-state index in [1.807, 2.05) is 19.9 Å². The van der Waals surface area contributed by atoms with Gasteiger partial charge < -0.3 is 24.6 Å². The van der Waals surface area contributed by atoms with Crippen molar-refractivity contribution in [1.29, 1.82) is 0 Å². The van der Waals surface area contributed by atoms with Gasteiger partial charge in [-0.3, -0.25) is 4.99 Å². The molecule has 1 aliphatic rings. The van der Waals surface area contributed by atoms with Gasteiger partial charge in [0.05, 0.1) is 5.69 Å². The standard InChI is InChI=1S/C20H28N4O3/c1-13-16(14(2)27-24-13)11-22-19(21-5)23-12-20(3,4)15-6-7-17-18(10-15)26-9-8-25-17/h6-7,10H,8-9,11-12H2,1-5H3,(H2,21,22,23). The number of guanidine groups is 1. The van der Waals surface area contributed by atoms with Gasteiger partial charge in [0, 0.05) is 31.1 Å². The number of hydrogen-bond donors (Lipinski definition) is 2. The molecule has 0 aliphatic carbocycles. The molecule has 0 amide bonds. The predicted octanol–water partition coefficient (Wildman–Crippen LogP) is 2.71. The number of aliphatic imine (C=N–C) groups is 1. The average molecular weight is 372 g/mol. The van der Waals surface area contributed by atoms with Crippen LogP contribution in [0.3, 0.4) is 0 Å². The molecule has 2 aromatic rings. The molecule has 146 valence electrons. The zero-order chi connectivity index (χ0) is 19.4. The van der Waals surface area contributed by atoms with Crippen LogP contribution in [0.5, 0.6) is 11.5 Å². The maximum Gasteiger partial charge on any atom is 0.191 e. The van der Waals surface area contributed by atoms with Crippen LogP contribution < -0.4 is 20.1 Å². The second kappa shape index (κ2) is 7.90. The van der Waals surface area contributed by atoms with E-state index >= 15 is 0 Å². The topological polar surface area (TPSA) is 80.9 Å². The van der Waals surface area contributed by atoms with E-state index in [9.17, 15) is 0 Å². The first-order valence-corrected chi connectivity index (χ1v) is 9.17. The molecule has 0 spiro atoms. The van der Waals surface area contributed by atoms with Crippen molar-refractivity contribution in [2.75, 3.05) is 26.8 Å². The maximum absolute atomic E-state index is 5.71. The van der Waals surface area contributed by atoms with Gasteiger partial charge in [-0.1, -0.05) is 25.1 Å². The second-order valence-electron chi connectivity index (χ2n) is 7.32. The normalized spacial score (nSPS) is 14.2. The van der Waals surface area contributed by atoms with E-state index in [1.54, 1.807) is 7.05 Å². The summed E-state index contributed by atoms with van der Waals surface area (Å²) >= 11 is 0. The molecule has 7 nitrogen and oxygen atoms in total. The minimum atomic E-state index is -0.115. The Morgan fingerprint density at radius 1 is 1.15 bits per heavy atom. The van der Waals surface area contributed by atoms with Crippen molar-refractivity contribution in [3.05, 3.63) is 40.8 Å². The lowest BCUT2D eigenvalue weighted by atomic mass is 9.84. The molecule has 0 fully saturated rings. The van der Waals surface area contributed by atoms with Gasteiger partial charge in [0.1, 0.15) is 19.0 Å². The summed E-state index contributed by atoms with van der Waals surface area (Å²) in [6.07, 6.45) is 0. The molecule has 1 aromatic carbocycles. The summed E-state index contributed by atoms with van der Waals surface area (Å²) in [5, 5.41) is 10.7. The lowest BCUT2D eigenvalue weighted by Gasteiger charge is -2.28. The van der Waals surface area contributed by atoms with Crippen molar-refractivity contribution < 1.29 is 14.0 Å². The fraction of sp³-hybridized carbons (Fsp3) is 0.500. The Morgan fingerprint density at radius 3 is 2.56 bits per heavy atom. The van der Waals surface area contributed by atoms with Gasteiger partial charge in [0.2, 0.25) is 0 Å².